The molecule has 1 N–H and O–H groups in total. The van der Waals surface area contributed by atoms with Crippen molar-refractivity contribution in [2.45, 2.75) is 19.6 Å². The number of H-pyrrole nitrogens is 1. The summed E-state index contributed by atoms with van der Waals surface area (Å²) in [6.07, 6.45) is 3.33. The molecule has 4 rings (SSSR count). The minimum Gasteiger partial charge on any atom is -0.366 e. The Hall–Kier alpha value is -2.67. The molecule has 7 nitrogen and oxygen atoms in total. The Labute approximate surface area is 139 Å². The van der Waals surface area contributed by atoms with Crippen LogP contribution in [0.4, 0.5) is 0 Å². The van der Waals surface area contributed by atoms with Gasteiger partial charge in [-0.05, 0) is 30.5 Å². The predicted octanol–water partition coefficient (Wildman–Crippen LogP) is 1.99. The van der Waals surface area contributed by atoms with Crippen molar-refractivity contribution in [3.05, 3.63) is 48.2 Å². The molecule has 3 heterocycles. The molecule has 1 aromatic carbocycles. The first-order chi connectivity index (χ1) is 11.8. The second kappa shape index (κ2) is 6.09. The van der Waals surface area contributed by atoms with Gasteiger partial charge in [0.1, 0.15) is 12.4 Å². The van der Waals surface area contributed by atoms with Crippen LogP contribution < -0.4 is 0 Å². The molecule has 124 valence electrons. The Morgan fingerprint density at radius 2 is 2.33 bits per heavy atom. The Morgan fingerprint density at radius 1 is 1.42 bits per heavy atom. The normalized spacial score (nSPS) is 18.2. The van der Waals surface area contributed by atoms with E-state index < -0.39 is 0 Å². The number of amides is 1. The Morgan fingerprint density at radius 3 is 3.21 bits per heavy atom. The maximum atomic E-state index is 12.8. The number of aromatic amines is 1. The number of nitrogens with one attached hydrogen (secondary N) is 1. The third-order valence-electron chi connectivity index (χ3n) is 4.43. The number of hydrogen-bond acceptors (Lipinski definition) is 4. The van der Waals surface area contributed by atoms with Crippen molar-refractivity contribution in [2.24, 2.45) is 0 Å². The fourth-order valence-corrected chi connectivity index (χ4v) is 3.11. The zero-order valence-corrected chi connectivity index (χ0v) is 13.5. The number of carbonyl (C=O) groups excluding carboxylic acids is 1. The van der Waals surface area contributed by atoms with Crippen molar-refractivity contribution >= 4 is 16.8 Å². The second-order valence-electron chi connectivity index (χ2n) is 5.87. The van der Waals surface area contributed by atoms with Crippen LogP contribution in [0.5, 0.6) is 0 Å². The van der Waals surface area contributed by atoms with Crippen LogP contribution in [0.2, 0.25) is 0 Å². The van der Waals surface area contributed by atoms with Crippen molar-refractivity contribution < 1.29 is 9.53 Å². The van der Waals surface area contributed by atoms with Crippen LogP contribution in [-0.4, -0.2) is 50.3 Å². The monoisotopic (exact) mass is 325 g/mol. The van der Waals surface area contributed by atoms with Gasteiger partial charge in [-0.15, -0.1) is 10.2 Å². The zero-order chi connectivity index (χ0) is 16.5. The number of aryl methyl sites for hydroxylation is 1. The molecule has 1 amide bonds. The van der Waals surface area contributed by atoms with E-state index in [1.165, 1.54) is 0 Å². The zero-order valence-electron chi connectivity index (χ0n) is 13.5. The Balaban J connectivity index is 1.55. The molecule has 1 saturated heterocycles. The third kappa shape index (κ3) is 2.56. The molecule has 0 spiro atoms. The molecule has 24 heavy (non-hydrogen) atoms. The van der Waals surface area contributed by atoms with E-state index in [9.17, 15) is 4.79 Å². The van der Waals surface area contributed by atoms with Gasteiger partial charge in [0.15, 0.2) is 5.82 Å². The van der Waals surface area contributed by atoms with E-state index in [-0.39, 0.29) is 12.0 Å². The van der Waals surface area contributed by atoms with Gasteiger partial charge in [0.25, 0.3) is 5.91 Å². The molecular formula is C17H19N5O2. The molecule has 1 atom stereocenters. The highest BCUT2D eigenvalue weighted by Gasteiger charge is 2.29. The van der Waals surface area contributed by atoms with E-state index in [0.29, 0.717) is 25.3 Å². The summed E-state index contributed by atoms with van der Waals surface area (Å²) in [6, 6.07) is 7.73. The van der Waals surface area contributed by atoms with Crippen molar-refractivity contribution in [1.29, 1.82) is 0 Å². The molecule has 3 aromatic rings. The summed E-state index contributed by atoms with van der Waals surface area (Å²) >= 11 is 0. The van der Waals surface area contributed by atoms with Crippen molar-refractivity contribution in [1.82, 2.24) is 24.6 Å². The number of carbonyl (C=O) groups is 1. The second-order valence-corrected chi connectivity index (χ2v) is 5.87. The van der Waals surface area contributed by atoms with Gasteiger partial charge in [0.2, 0.25) is 0 Å². The van der Waals surface area contributed by atoms with Gasteiger partial charge in [-0.3, -0.25) is 4.79 Å². The highest BCUT2D eigenvalue weighted by Crippen LogP contribution is 2.23. The van der Waals surface area contributed by atoms with Crippen LogP contribution in [0.15, 0.2) is 36.8 Å². The Kier molecular flexibility index (Phi) is 3.78. The van der Waals surface area contributed by atoms with Crippen LogP contribution in [0.1, 0.15) is 29.2 Å². The van der Waals surface area contributed by atoms with Crippen LogP contribution in [0.25, 0.3) is 10.9 Å². The molecule has 1 fully saturated rings. The highest BCUT2D eigenvalue weighted by atomic mass is 16.5. The number of hydrogen-bond donors (Lipinski definition) is 1. The minimum absolute atomic E-state index is 0.0161. The summed E-state index contributed by atoms with van der Waals surface area (Å²) in [5.41, 5.74) is 1.65. The smallest absolute Gasteiger partial charge is 0.254 e. The van der Waals surface area contributed by atoms with E-state index in [2.05, 4.69) is 15.2 Å². The van der Waals surface area contributed by atoms with Gasteiger partial charge < -0.3 is 19.2 Å². The van der Waals surface area contributed by atoms with E-state index in [1.807, 2.05) is 46.9 Å². The summed E-state index contributed by atoms with van der Waals surface area (Å²) in [5.74, 6) is 0.789. The van der Waals surface area contributed by atoms with Crippen molar-refractivity contribution in [3.8, 4) is 0 Å². The number of rotatable bonds is 3. The number of ether oxygens (including phenoxy) is 1. The predicted molar refractivity (Wildman–Crippen MR) is 88.6 cm³/mol. The van der Waals surface area contributed by atoms with Crippen molar-refractivity contribution in [3.63, 3.8) is 0 Å². The molecule has 0 unspecified atom stereocenters. The maximum Gasteiger partial charge on any atom is 0.254 e. The summed E-state index contributed by atoms with van der Waals surface area (Å²) in [7, 11) is 0. The van der Waals surface area contributed by atoms with E-state index >= 15 is 0 Å². The number of aromatic nitrogens is 4. The fourth-order valence-electron chi connectivity index (χ4n) is 3.11. The number of morpholine rings is 1. The summed E-state index contributed by atoms with van der Waals surface area (Å²) < 4.78 is 7.76. The third-order valence-corrected chi connectivity index (χ3v) is 4.43. The topological polar surface area (TPSA) is 76.0 Å². The summed E-state index contributed by atoms with van der Waals surface area (Å²) in [5, 5.41) is 9.21. The average Bonchev–Trinajstić information content (AvgIpc) is 3.29. The molecule has 7 heteroatoms. The Bertz CT molecular complexity index is 869. The van der Waals surface area contributed by atoms with E-state index in [1.54, 1.807) is 6.33 Å². The lowest BCUT2D eigenvalue weighted by atomic mass is 10.1. The molecule has 2 aromatic heterocycles. The van der Waals surface area contributed by atoms with Crippen LogP contribution in [0, 0.1) is 0 Å². The molecule has 1 aliphatic rings. The lowest BCUT2D eigenvalue weighted by molar-refractivity contribution is -0.0283. The summed E-state index contributed by atoms with van der Waals surface area (Å²) in [6.45, 7) is 4.38. The van der Waals surface area contributed by atoms with Gasteiger partial charge in [-0.25, -0.2) is 0 Å². The van der Waals surface area contributed by atoms with Gasteiger partial charge in [0.05, 0.1) is 13.2 Å². The maximum absolute atomic E-state index is 12.8. The molecular weight excluding hydrogens is 306 g/mol. The van der Waals surface area contributed by atoms with Crippen LogP contribution >= 0.6 is 0 Å². The first kappa shape index (κ1) is 14.9. The first-order valence-corrected chi connectivity index (χ1v) is 8.12. The van der Waals surface area contributed by atoms with Gasteiger partial charge in [-0.2, -0.15) is 0 Å². The molecule has 0 aliphatic carbocycles. The lowest BCUT2D eigenvalue weighted by Gasteiger charge is -2.32. The summed E-state index contributed by atoms with van der Waals surface area (Å²) in [4.78, 5) is 17.8. The fraction of sp³-hybridized carbons (Fsp3) is 0.353. The standard InChI is InChI=1S/C17H19N5O2/c1-2-21-11-19-20-16(21)15-10-22(7-8-24-15)17(23)13-4-3-12-5-6-18-14(12)9-13/h3-6,9,11,15,18H,2,7-8,10H2,1H3/t15-/m0/s1. The van der Waals surface area contributed by atoms with E-state index in [0.717, 1.165) is 23.3 Å². The van der Waals surface area contributed by atoms with Crippen molar-refractivity contribution in [2.75, 3.05) is 19.7 Å². The first-order valence-electron chi connectivity index (χ1n) is 8.12. The number of benzene rings is 1. The molecule has 0 saturated carbocycles. The average molecular weight is 325 g/mol. The quantitative estimate of drug-likeness (QED) is 0.799. The number of nitrogens with zero attached hydrogens (tertiary/aromatic N) is 4. The largest absolute Gasteiger partial charge is 0.366 e. The SMILES string of the molecule is CCn1cnnc1[C@@H]1CN(C(=O)c2ccc3cc[nH]c3c2)CCO1. The van der Waals surface area contributed by atoms with Gasteiger partial charge in [0, 0.05) is 30.4 Å². The lowest BCUT2D eigenvalue weighted by Crippen LogP contribution is -2.42. The highest BCUT2D eigenvalue weighted by molar-refractivity contribution is 5.98. The number of fused-ring (bicyclic) bond motifs is 1. The molecule has 0 radical (unpaired) electrons. The molecule has 1 aliphatic heterocycles. The minimum atomic E-state index is -0.237. The van der Waals surface area contributed by atoms with Crippen LogP contribution in [-0.2, 0) is 11.3 Å². The van der Waals surface area contributed by atoms with Gasteiger partial charge >= 0.3 is 0 Å². The molecule has 0 bridgehead atoms. The van der Waals surface area contributed by atoms with Crippen LogP contribution in [0.3, 0.4) is 0 Å². The van der Waals surface area contributed by atoms with E-state index in [4.69, 9.17) is 4.74 Å². The van der Waals surface area contributed by atoms with Gasteiger partial charge in [-0.1, -0.05) is 6.07 Å².